The smallest absolute Gasteiger partial charge is 0.319 e. The number of urea groups is 1. The molecule has 2 aliphatic rings. The van der Waals surface area contributed by atoms with Gasteiger partial charge in [-0.1, -0.05) is 97.4 Å². The van der Waals surface area contributed by atoms with E-state index >= 15 is 0 Å². The Morgan fingerprint density at radius 2 is 1.44 bits per heavy atom. The minimum atomic E-state index is -0.885. The van der Waals surface area contributed by atoms with Crippen LogP contribution in [-0.4, -0.2) is 46.9 Å². The molecule has 0 aromatic heterocycles. The van der Waals surface area contributed by atoms with Gasteiger partial charge in [-0.3, -0.25) is 0 Å². The SMILES string of the molecule is C[C@@H]1[C@H](CN2CCC(O)(c3ccc(Cl)cc3)CC2)O[C@H](c2ccc(CNC(=O)Nc3ccc(Oc4ccccc4)cc3)cc2)O[C@@H]1c1ccc(CO)cc1. The van der Waals surface area contributed by atoms with Gasteiger partial charge in [0.2, 0.25) is 0 Å². The maximum atomic E-state index is 12.7. The van der Waals surface area contributed by atoms with E-state index in [1.807, 2.05) is 115 Å². The van der Waals surface area contributed by atoms with Crippen LogP contribution in [0.25, 0.3) is 0 Å². The van der Waals surface area contributed by atoms with Crippen molar-refractivity contribution in [3.63, 3.8) is 0 Å². The highest BCUT2D eigenvalue weighted by Gasteiger charge is 2.41. The normalized spacial score (nSPS) is 21.3. The number of carbonyl (C=O) groups excluding carboxylic acids is 1. The number of para-hydroxylation sites is 1. The summed E-state index contributed by atoms with van der Waals surface area (Å²) in [6, 6.07) is 39.7. The maximum Gasteiger partial charge on any atom is 0.319 e. The van der Waals surface area contributed by atoms with Gasteiger partial charge < -0.3 is 40.0 Å². The number of amides is 2. The van der Waals surface area contributed by atoms with Gasteiger partial charge in [0.05, 0.1) is 24.4 Å². The number of hydrogen-bond donors (Lipinski definition) is 4. The van der Waals surface area contributed by atoms with E-state index in [1.165, 1.54) is 0 Å². The number of aliphatic hydroxyl groups excluding tert-OH is 1. The number of carbonyl (C=O) groups is 1. The Kier molecular flexibility index (Phi) is 11.9. The lowest BCUT2D eigenvalue weighted by Crippen LogP contribution is -2.49. The largest absolute Gasteiger partial charge is 0.457 e. The lowest BCUT2D eigenvalue weighted by atomic mass is 9.84. The summed E-state index contributed by atoms with van der Waals surface area (Å²) in [5, 5.41) is 27.5. The first-order valence-corrected chi connectivity index (χ1v) is 18.8. The molecule has 0 bridgehead atoms. The van der Waals surface area contributed by atoms with Gasteiger partial charge in [-0.05, 0) is 83.6 Å². The first-order chi connectivity index (χ1) is 26.2. The van der Waals surface area contributed by atoms with Gasteiger partial charge in [-0.2, -0.15) is 0 Å². The standard InChI is InChI=1S/C44H46ClN3O6/c1-30-40(28-48-25-23-44(51,24-26-48)35-15-17-36(45)18-16-35)53-42(54-41(30)33-11-9-32(29-49)10-12-33)34-13-7-31(8-14-34)27-46-43(50)47-37-19-21-39(22-20-37)52-38-5-3-2-4-6-38/h2-22,30,40-42,49,51H,23-29H2,1H3,(H2,46,47,50)/t30-,40+,41+,42+/m1/s1. The van der Waals surface area contributed by atoms with Crippen LogP contribution in [-0.2, 0) is 28.2 Å². The summed E-state index contributed by atoms with van der Waals surface area (Å²) in [5.74, 6) is 1.46. The van der Waals surface area contributed by atoms with Crippen molar-refractivity contribution in [2.45, 2.75) is 57.0 Å². The minimum Gasteiger partial charge on any atom is -0.457 e. The summed E-state index contributed by atoms with van der Waals surface area (Å²) >= 11 is 6.10. The van der Waals surface area contributed by atoms with Crippen molar-refractivity contribution in [2.75, 3.05) is 25.0 Å². The summed E-state index contributed by atoms with van der Waals surface area (Å²) in [6.45, 7) is 4.64. The fourth-order valence-corrected chi connectivity index (χ4v) is 7.24. The Morgan fingerprint density at radius 1 is 0.815 bits per heavy atom. The van der Waals surface area contributed by atoms with Crippen LogP contribution in [0.5, 0.6) is 11.5 Å². The molecule has 0 saturated carbocycles. The summed E-state index contributed by atoms with van der Waals surface area (Å²) in [5.41, 5.74) is 4.35. The van der Waals surface area contributed by atoms with Gasteiger partial charge in [-0.25, -0.2) is 4.79 Å². The zero-order valence-electron chi connectivity index (χ0n) is 30.2. The molecule has 5 aromatic rings. The number of hydrogen-bond acceptors (Lipinski definition) is 7. The summed E-state index contributed by atoms with van der Waals surface area (Å²) in [6.07, 6.45) is 0.248. The molecule has 0 aliphatic carbocycles. The van der Waals surface area contributed by atoms with E-state index in [2.05, 4.69) is 22.5 Å². The molecule has 0 radical (unpaired) electrons. The highest BCUT2D eigenvalue weighted by atomic mass is 35.5. The molecule has 10 heteroatoms. The van der Waals surface area contributed by atoms with E-state index in [0.717, 1.165) is 46.7 Å². The average Bonchev–Trinajstić information content (AvgIpc) is 3.20. The number of likely N-dealkylation sites (tertiary alicyclic amines) is 1. The number of anilines is 1. The highest BCUT2D eigenvalue weighted by Crippen LogP contribution is 2.42. The molecule has 0 unspecified atom stereocenters. The topological polar surface area (TPSA) is 113 Å². The van der Waals surface area contributed by atoms with E-state index in [4.69, 9.17) is 25.8 Å². The van der Waals surface area contributed by atoms with Gasteiger partial charge in [-0.15, -0.1) is 0 Å². The molecular weight excluding hydrogens is 702 g/mol. The second-order valence-corrected chi connectivity index (χ2v) is 14.6. The minimum absolute atomic E-state index is 0.0202. The molecule has 7 rings (SSSR count). The molecule has 2 amide bonds. The molecular formula is C44H46ClN3O6. The van der Waals surface area contributed by atoms with Crippen LogP contribution in [0.4, 0.5) is 10.5 Å². The van der Waals surface area contributed by atoms with Crippen LogP contribution < -0.4 is 15.4 Å². The van der Waals surface area contributed by atoms with E-state index in [-0.39, 0.29) is 30.8 Å². The van der Waals surface area contributed by atoms with Crippen LogP contribution in [0.3, 0.4) is 0 Å². The third-order valence-corrected chi connectivity index (χ3v) is 10.7. The van der Waals surface area contributed by atoms with Crippen molar-refractivity contribution in [2.24, 2.45) is 5.92 Å². The third-order valence-electron chi connectivity index (χ3n) is 10.4. The zero-order valence-corrected chi connectivity index (χ0v) is 31.0. The predicted molar refractivity (Wildman–Crippen MR) is 209 cm³/mol. The van der Waals surface area contributed by atoms with Gasteiger partial charge >= 0.3 is 6.03 Å². The molecule has 0 spiro atoms. The van der Waals surface area contributed by atoms with E-state index < -0.39 is 11.9 Å². The number of ether oxygens (including phenoxy) is 3. The van der Waals surface area contributed by atoms with Gasteiger partial charge in [0.25, 0.3) is 0 Å². The van der Waals surface area contributed by atoms with Crippen molar-refractivity contribution in [3.05, 3.63) is 160 Å². The number of nitrogens with zero attached hydrogens (tertiary/aromatic N) is 1. The average molecular weight is 748 g/mol. The molecule has 54 heavy (non-hydrogen) atoms. The van der Waals surface area contributed by atoms with Crippen molar-refractivity contribution in [1.29, 1.82) is 0 Å². The van der Waals surface area contributed by atoms with Gasteiger partial charge in [0.1, 0.15) is 11.5 Å². The highest BCUT2D eigenvalue weighted by molar-refractivity contribution is 6.30. The number of piperidine rings is 1. The monoisotopic (exact) mass is 747 g/mol. The third kappa shape index (κ3) is 9.30. The molecule has 280 valence electrons. The molecule has 2 heterocycles. The number of nitrogens with one attached hydrogen (secondary N) is 2. The summed E-state index contributed by atoms with van der Waals surface area (Å²) < 4.78 is 19.2. The number of rotatable bonds is 11. The molecule has 2 aliphatic heterocycles. The second-order valence-electron chi connectivity index (χ2n) is 14.1. The predicted octanol–water partition coefficient (Wildman–Crippen LogP) is 8.72. The van der Waals surface area contributed by atoms with E-state index in [0.29, 0.717) is 42.4 Å². The number of aliphatic hydroxyl groups is 2. The number of benzene rings is 5. The van der Waals surface area contributed by atoms with Crippen molar-refractivity contribution >= 4 is 23.3 Å². The first-order valence-electron chi connectivity index (χ1n) is 18.4. The Bertz CT molecular complexity index is 1950. The Balaban J connectivity index is 0.972. The van der Waals surface area contributed by atoms with Gasteiger partial charge in [0.15, 0.2) is 6.29 Å². The molecule has 5 aromatic carbocycles. The van der Waals surface area contributed by atoms with Crippen LogP contribution in [0.2, 0.25) is 5.02 Å². The van der Waals surface area contributed by atoms with Crippen LogP contribution in [0.1, 0.15) is 60.0 Å². The molecule has 2 saturated heterocycles. The lowest BCUT2D eigenvalue weighted by Gasteiger charge is -2.45. The second kappa shape index (κ2) is 17.2. The van der Waals surface area contributed by atoms with E-state index in [1.54, 1.807) is 12.1 Å². The fraction of sp³-hybridized carbons (Fsp3) is 0.295. The summed E-state index contributed by atoms with van der Waals surface area (Å²) in [4.78, 5) is 15.1. The lowest BCUT2D eigenvalue weighted by molar-refractivity contribution is -0.277. The van der Waals surface area contributed by atoms with Gasteiger partial charge in [0, 0.05) is 48.4 Å². The molecule has 2 fully saturated rings. The quantitative estimate of drug-likeness (QED) is 0.107. The Labute approximate surface area is 321 Å². The van der Waals surface area contributed by atoms with E-state index in [9.17, 15) is 15.0 Å². The Hall–Kier alpha value is -4.74. The first kappa shape index (κ1) is 37.6. The maximum absolute atomic E-state index is 12.7. The van der Waals surface area contributed by atoms with Crippen LogP contribution in [0, 0.1) is 5.92 Å². The molecule has 9 nitrogen and oxygen atoms in total. The van der Waals surface area contributed by atoms with Crippen LogP contribution >= 0.6 is 11.6 Å². The summed E-state index contributed by atoms with van der Waals surface area (Å²) in [7, 11) is 0. The van der Waals surface area contributed by atoms with Crippen molar-refractivity contribution in [1.82, 2.24) is 10.2 Å². The fourth-order valence-electron chi connectivity index (χ4n) is 7.12. The van der Waals surface area contributed by atoms with Crippen molar-refractivity contribution in [3.8, 4) is 11.5 Å². The zero-order chi connectivity index (χ0) is 37.5. The van der Waals surface area contributed by atoms with Crippen LogP contribution in [0.15, 0.2) is 127 Å². The van der Waals surface area contributed by atoms with Crippen molar-refractivity contribution < 1.29 is 29.2 Å². The molecule has 4 atom stereocenters. The number of halogens is 1. The molecule has 4 N–H and O–H groups in total. The Morgan fingerprint density at radius 3 is 2.11 bits per heavy atom.